The first-order chi connectivity index (χ1) is 60.0. The van der Waals surface area contributed by atoms with E-state index in [1.54, 1.807) is 117 Å². The minimum atomic E-state index is -0.427. The third-order valence-corrected chi connectivity index (χ3v) is 19.1. The molecule has 0 aliphatic carbocycles. The number of carbonyl (C=O) groups excluding carboxylic acids is 6. The van der Waals surface area contributed by atoms with Crippen LogP contribution in [0, 0.1) is 18.8 Å². The Bertz CT molecular complexity index is 4490. The summed E-state index contributed by atoms with van der Waals surface area (Å²) >= 11 is 0. The van der Waals surface area contributed by atoms with Gasteiger partial charge in [0.1, 0.15) is 5.75 Å². The zero-order valence-corrected chi connectivity index (χ0v) is 76.1. The van der Waals surface area contributed by atoms with Crippen LogP contribution in [-0.4, -0.2) is 83.6 Å². The lowest BCUT2D eigenvalue weighted by Crippen LogP contribution is -2.09. The second-order valence-electron chi connectivity index (χ2n) is 30.5. The van der Waals surface area contributed by atoms with Gasteiger partial charge >= 0.3 is 35.8 Å². The Hall–Kier alpha value is -12.1. The SMILES string of the molecule is C=CCCCCCCCCOC(=O)c1ccccc1.C=CCc1ccc(OC(=O)c2ccccc2)c(OC)c1.CC(C)=CCC/C(C)=C/CC[C@H](C)CCOC(=O)/C=C/c1ccccc1.CC(C)=CCC/C(C)=C/CC[C@H](C)CCOC(=O)c1ccc(C)cc1.CC/C=C\CCOC(=O)c1ccccc1.COc1ccc(OC(=O)c2ccccc2)c(OC)c1. The van der Waals surface area contributed by atoms with E-state index in [0.29, 0.717) is 94.8 Å². The molecule has 8 aromatic carbocycles. The fourth-order valence-corrected chi connectivity index (χ4v) is 11.7. The molecule has 124 heavy (non-hydrogen) atoms. The standard InChI is InChI=1S/C24H34O2.C23H34O2.C17H16O3.C17H24O2.C15H14O4.C13H16O2/c1-20(2)10-8-11-21(3)12-9-13-22(4)18-19-26-24(25)17-16-23-14-6-5-7-15-23;1-18(2)8-6-9-19(3)10-7-11-20(4)16-17-25-23(24)22-14-12-21(5)13-15-22;1-3-7-13-10-11-15(16(12-13)19-2)20-17(18)14-8-5-4-6-9-14;1-2-3-4-5-6-7-8-12-15-19-17(18)16-13-10-9-11-14-16;1-17-12-8-9-13(14(10-12)18-2)19-15(16)11-6-4-3-5-7-11;1-2-3-4-8-11-15-13(14)12-9-6-5-7-10-12/h5-7,10,12,14-17,22H,8-9,11,13,18-19H2,1-4H3;8,10,12-15,20H,6-7,9,11,16-17H2,1-5H3;3-6,8-12H,1,7H2,2H3;2,9-11,13-14H,1,3-8,12,15H2;3-10H,1-2H3;3-7,9-10H,2,8,11H2,1H3/b17-16+,21-12+;19-10+;;;;4-3-/t22-;20-;;;;/m00..../s1. The first-order valence-electron chi connectivity index (χ1n) is 43.5. The number of ether oxygens (including phenoxy) is 9. The molecule has 0 N–H and O–H groups in total. The lowest BCUT2D eigenvalue weighted by atomic mass is 10.0. The zero-order valence-electron chi connectivity index (χ0n) is 76.1. The van der Waals surface area contributed by atoms with Crippen molar-refractivity contribution in [2.24, 2.45) is 11.8 Å². The van der Waals surface area contributed by atoms with Gasteiger partial charge in [-0.3, -0.25) is 0 Å². The van der Waals surface area contributed by atoms with Gasteiger partial charge in [-0.15, -0.1) is 13.2 Å². The van der Waals surface area contributed by atoms with Gasteiger partial charge in [-0.1, -0.05) is 244 Å². The van der Waals surface area contributed by atoms with E-state index in [9.17, 15) is 28.8 Å². The fraction of sp³-hybridized carbons (Fsp3) is 0.358. The van der Waals surface area contributed by atoms with Gasteiger partial charge in [-0.25, -0.2) is 28.8 Å². The maximum absolute atomic E-state index is 12.0. The highest BCUT2D eigenvalue weighted by Crippen LogP contribution is 2.33. The van der Waals surface area contributed by atoms with Gasteiger partial charge < -0.3 is 42.6 Å². The average molecular weight is 1690 g/mol. The van der Waals surface area contributed by atoms with Gasteiger partial charge in [-0.2, -0.15) is 0 Å². The highest BCUT2D eigenvalue weighted by Gasteiger charge is 2.16. The largest absolute Gasteiger partial charge is 0.497 e. The van der Waals surface area contributed by atoms with Crippen LogP contribution < -0.4 is 23.7 Å². The molecule has 0 unspecified atom stereocenters. The molecule has 0 aliphatic heterocycles. The summed E-state index contributed by atoms with van der Waals surface area (Å²) in [4.78, 5) is 70.7. The van der Waals surface area contributed by atoms with E-state index in [2.05, 4.69) is 106 Å². The topological polar surface area (TPSA) is 185 Å². The Kier molecular flexibility index (Phi) is 57.7. The number of aryl methyl sites for hydroxylation is 1. The molecule has 0 spiro atoms. The predicted octanol–water partition coefficient (Wildman–Crippen LogP) is 27.9. The van der Waals surface area contributed by atoms with Crippen LogP contribution in [-0.2, 0) is 30.2 Å². The molecular formula is C109H138O15. The number of hydrogen-bond acceptors (Lipinski definition) is 15. The summed E-state index contributed by atoms with van der Waals surface area (Å²) in [5.41, 5.74) is 11.8. The van der Waals surface area contributed by atoms with Crippen LogP contribution in [0.3, 0.4) is 0 Å². The van der Waals surface area contributed by atoms with Crippen molar-refractivity contribution in [3.63, 3.8) is 0 Å². The highest BCUT2D eigenvalue weighted by atomic mass is 16.6. The van der Waals surface area contributed by atoms with Crippen LogP contribution in [0.1, 0.15) is 253 Å². The summed E-state index contributed by atoms with van der Waals surface area (Å²) in [7, 11) is 4.62. The van der Waals surface area contributed by atoms with E-state index >= 15 is 0 Å². The Morgan fingerprint density at radius 1 is 0.371 bits per heavy atom. The van der Waals surface area contributed by atoms with E-state index in [-0.39, 0.29) is 23.9 Å². The Morgan fingerprint density at radius 3 is 1.24 bits per heavy atom. The zero-order chi connectivity index (χ0) is 90.6. The molecular weight excluding hydrogens is 1550 g/mol. The van der Waals surface area contributed by atoms with Crippen molar-refractivity contribution >= 4 is 41.9 Å². The van der Waals surface area contributed by atoms with Crippen LogP contribution in [0.2, 0.25) is 0 Å². The molecule has 0 aromatic heterocycles. The number of benzene rings is 8. The maximum Gasteiger partial charge on any atom is 0.343 e. The van der Waals surface area contributed by atoms with Gasteiger partial charge in [-0.05, 0) is 265 Å². The van der Waals surface area contributed by atoms with E-state index in [1.165, 1.54) is 61.2 Å². The lowest BCUT2D eigenvalue weighted by Gasteiger charge is -2.11. The highest BCUT2D eigenvalue weighted by molar-refractivity contribution is 5.93. The molecule has 0 fully saturated rings. The molecule has 0 saturated carbocycles. The van der Waals surface area contributed by atoms with Gasteiger partial charge in [0.2, 0.25) is 0 Å². The van der Waals surface area contributed by atoms with E-state index in [1.807, 2.05) is 140 Å². The third-order valence-electron chi connectivity index (χ3n) is 19.1. The van der Waals surface area contributed by atoms with Crippen LogP contribution in [0.5, 0.6) is 28.7 Å². The van der Waals surface area contributed by atoms with Crippen LogP contribution >= 0.6 is 0 Å². The fourth-order valence-electron chi connectivity index (χ4n) is 11.7. The van der Waals surface area contributed by atoms with Crippen molar-refractivity contribution in [3.05, 3.63) is 347 Å². The van der Waals surface area contributed by atoms with E-state index in [4.69, 9.17) is 42.6 Å². The molecule has 0 bridgehead atoms. The van der Waals surface area contributed by atoms with Gasteiger partial charge in [0, 0.05) is 12.1 Å². The second kappa shape index (κ2) is 67.5. The van der Waals surface area contributed by atoms with Gasteiger partial charge in [0.25, 0.3) is 0 Å². The van der Waals surface area contributed by atoms with Gasteiger partial charge in [0.05, 0.1) is 75.6 Å². The van der Waals surface area contributed by atoms with Crippen molar-refractivity contribution < 1.29 is 71.4 Å². The van der Waals surface area contributed by atoms with E-state index < -0.39 is 11.9 Å². The first kappa shape index (κ1) is 106. The Morgan fingerprint density at radius 2 is 0.790 bits per heavy atom. The first-order valence-corrected chi connectivity index (χ1v) is 43.5. The molecule has 2 atom stereocenters. The van der Waals surface area contributed by atoms with Crippen molar-refractivity contribution in [2.45, 2.75) is 198 Å². The summed E-state index contributed by atoms with van der Waals surface area (Å²) in [5, 5.41) is 0. The number of carbonyl (C=O) groups is 6. The molecule has 0 aliphatic rings. The monoisotopic (exact) mass is 1690 g/mol. The van der Waals surface area contributed by atoms with Gasteiger partial charge in [0.15, 0.2) is 23.0 Å². The molecule has 15 nitrogen and oxygen atoms in total. The summed E-state index contributed by atoms with van der Waals surface area (Å²) in [6.07, 6.45) is 42.1. The van der Waals surface area contributed by atoms with Crippen molar-refractivity contribution in [3.8, 4) is 28.7 Å². The van der Waals surface area contributed by atoms with Crippen molar-refractivity contribution in [1.29, 1.82) is 0 Å². The lowest BCUT2D eigenvalue weighted by molar-refractivity contribution is -0.138. The molecule has 8 aromatic rings. The molecule has 8 rings (SSSR count). The van der Waals surface area contributed by atoms with Crippen LogP contribution in [0.15, 0.2) is 302 Å². The van der Waals surface area contributed by atoms with Crippen LogP contribution in [0.4, 0.5) is 0 Å². The molecule has 664 valence electrons. The summed E-state index contributed by atoms with van der Waals surface area (Å²) in [5.74, 6) is 1.73. The molecule has 0 heterocycles. The molecule has 0 radical (unpaired) electrons. The summed E-state index contributed by atoms with van der Waals surface area (Å²) < 4.78 is 47.1. The minimum absolute atomic E-state index is 0.216. The second-order valence-corrected chi connectivity index (χ2v) is 30.5. The molecule has 0 amide bonds. The smallest absolute Gasteiger partial charge is 0.343 e. The number of esters is 6. The maximum atomic E-state index is 12.0. The number of methoxy groups -OCH3 is 3. The number of unbranched alkanes of at least 4 members (excludes halogenated alkanes) is 6. The molecule has 15 heteroatoms. The third kappa shape index (κ3) is 51.0. The molecule has 0 saturated heterocycles. The average Bonchev–Trinajstić information content (AvgIpc) is 0.849. The quantitative estimate of drug-likeness (QED) is 0.00876. The minimum Gasteiger partial charge on any atom is -0.497 e. The summed E-state index contributed by atoms with van der Waals surface area (Å²) in [6.45, 7) is 30.9. The number of allylic oxidation sites excluding steroid dienone is 11. The Balaban J connectivity index is 0.000000387. The number of rotatable bonds is 45. The number of hydrogen-bond donors (Lipinski definition) is 0. The predicted molar refractivity (Wildman–Crippen MR) is 508 cm³/mol. The Labute approximate surface area is 742 Å². The summed E-state index contributed by atoms with van der Waals surface area (Å²) in [6, 6.07) is 63.6. The van der Waals surface area contributed by atoms with E-state index in [0.717, 1.165) is 119 Å². The van der Waals surface area contributed by atoms with Crippen molar-refractivity contribution in [2.75, 3.05) is 47.8 Å². The normalized spacial score (nSPS) is 11.1. The van der Waals surface area contributed by atoms with Crippen LogP contribution in [0.25, 0.3) is 6.08 Å². The van der Waals surface area contributed by atoms with Crippen molar-refractivity contribution in [1.82, 2.24) is 0 Å².